The maximum atomic E-state index is 8.29. The Balaban J connectivity index is 2.16. The van der Waals surface area contributed by atoms with Gasteiger partial charge in [-0.05, 0) is 28.1 Å². The Kier molecular flexibility index (Phi) is 4.92. The lowest BCUT2D eigenvalue weighted by atomic mass is 10.4. The van der Waals surface area contributed by atoms with Gasteiger partial charge in [-0.1, -0.05) is 5.16 Å². The number of rotatable bonds is 5. The summed E-state index contributed by atoms with van der Waals surface area (Å²) >= 11 is 5.09. The molecule has 78 valence electrons. The first-order chi connectivity index (χ1) is 6.72. The summed E-state index contributed by atoms with van der Waals surface area (Å²) in [6, 6.07) is 4.08. The largest absolute Gasteiger partial charge is 0.409 e. The van der Waals surface area contributed by atoms with Crippen LogP contribution in [0.5, 0.6) is 0 Å². The van der Waals surface area contributed by atoms with E-state index >= 15 is 0 Å². The van der Waals surface area contributed by atoms with Crippen LogP contribution in [0.4, 0.5) is 0 Å². The molecular weight excluding hydrogens is 266 g/mol. The Morgan fingerprint density at radius 1 is 1.64 bits per heavy atom. The smallest absolute Gasteiger partial charge is 0.140 e. The van der Waals surface area contributed by atoms with Gasteiger partial charge in [0.15, 0.2) is 0 Å². The number of hydrogen-bond acceptors (Lipinski definition) is 4. The molecule has 0 aliphatic rings. The average Bonchev–Trinajstić information content (AvgIpc) is 2.58. The lowest BCUT2D eigenvalue weighted by Gasteiger charge is -2.01. The number of oxime groups is 1. The predicted molar refractivity (Wildman–Crippen MR) is 61.8 cm³/mol. The molecule has 0 unspecified atom stereocenters. The number of amidine groups is 1. The number of nitrogens with two attached hydrogens (primary N) is 1. The minimum Gasteiger partial charge on any atom is -0.409 e. The summed E-state index contributed by atoms with van der Waals surface area (Å²) in [5.74, 6) is 0.255. The van der Waals surface area contributed by atoms with E-state index < -0.39 is 0 Å². The van der Waals surface area contributed by atoms with Crippen LogP contribution in [-0.4, -0.2) is 17.6 Å². The molecular formula is C8H12BrN3OS. The van der Waals surface area contributed by atoms with Gasteiger partial charge >= 0.3 is 0 Å². The van der Waals surface area contributed by atoms with Crippen LogP contribution in [0.2, 0.25) is 0 Å². The summed E-state index contributed by atoms with van der Waals surface area (Å²) in [4.78, 5) is 1.26. The number of nitrogens with zero attached hydrogens (tertiary/aromatic N) is 1. The second kappa shape index (κ2) is 6.00. The first kappa shape index (κ1) is 11.5. The normalized spacial score (nSPS) is 11.9. The zero-order valence-corrected chi connectivity index (χ0v) is 9.94. The Morgan fingerprint density at radius 2 is 2.43 bits per heavy atom. The molecule has 0 saturated heterocycles. The summed E-state index contributed by atoms with van der Waals surface area (Å²) in [5, 5.41) is 14.4. The van der Waals surface area contributed by atoms with Crippen LogP contribution in [0.25, 0.3) is 0 Å². The van der Waals surface area contributed by atoms with Crippen LogP contribution in [0.15, 0.2) is 21.1 Å². The molecule has 0 bridgehead atoms. The van der Waals surface area contributed by atoms with Crippen molar-refractivity contribution in [3.63, 3.8) is 0 Å². The second-order valence-corrected chi connectivity index (χ2v) is 5.27. The van der Waals surface area contributed by atoms with E-state index in [0.29, 0.717) is 13.0 Å². The van der Waals surface area contributed by atoms with Crippen molar-refractivity contribution in [1.29, 1.82) is 0 Å². The van der Waals surface area contributed by atoms with Crippen molar-refractivity contribution >= 4 is 33.1 Å². The molecule has 0 spiro atoms. The lowest BCUT2D eigenvalue weighted by molar-refractivity contribution is 0.316. The third-order valence-electron chi connectivity index (χ3n) is 1.61. The van der Waals surface area contributed by atoms with Crippen LogP contribution in [0.1, 0.15) is 11.3 Å². The zero-order chi connectivity index (χ0) is 10.4. The van der Waals surface area contributed by atoms with E-state index in [-0.39, 0.29) is 5.84 Å². The fourth-order valence-electron chi connectivity index (χ4n) is 0.925. The molecule has 0 fully saturated rings. The summed E-state index contributed by atoms with van der Waals surface area (Å²) < 4.78 is 1.13. The van der Waals surface area contributed by atoms with Gasteiger partial charge in [-0.3, -0.25) is 0 Å². The zero-order valence-electron chi connectivity index (χ0n) is 7.53. The Morgan fingerprint density at radius 3 is 3.00 bits per heavy atom. The van der Waals surface area contributed by atoms with Crippen molar-refractivity contribution in [2.45, 2.75) is 13.0 Å². The van der Waals surface area contributed by atoms with E-state index in [1.54, 1.807) is 11.3 Å². The molecule has 0 aromatic carbocycles. The van der Waals surface area contributed by atoms with Crippen molar-refractivity contribution in [2.75, 3.05) is 6.54 Å². The summed E-state index contributed by atoms with van der Waals surface area (Å²) in [5.41, 5.74) is 5.31. The molecule has 4 nitrogen and oxygen atoms in total. The Hall–Kier alpha value is -0.590. The van der Waals surface area contributed by atoms with E-state index in [9.17, 15) is 0 Å². The molecule has 0 aliphatic carbocycles. The summed E-state index contributed by atoms with van der Waals surface area (Å²) in [7, 11) is 0. The molecule has 14 heavy (non-hydrogen) atoms. The first-order valence-corrected chi connectivity index (χ1v) is 5.74. The van der Waals surface area contributed by atoms with Gasteiger partial charge in [-0.25, -0.2) is 0 Å². The highest BCUT2D eigenvalue weighted by atomic mass is 79.9. The number of halogens is 1. The van der Waals surface area contributed by atoms with Crippen LogP contribution >= 0.6 is 27.3 Å². The van der Waals surface area contributed by atoms with E-state index in [4.69, 9.17) is 10.9 Å². The standard InChI is InChI=1S/C8H12BrN3OS/c9-7-2-1-6(14-7)5-11-4-3-8(10)12-13/h1-2,11,13H,3-5H2,(H2,10,12). The van der Waals surface area contributed by atoms with E-state index in [1.807, 2.05) is 6.07 Å². The van der Waals surface area contributed by atoms with Gasteiger partial charge in [-0.2, -0.15) is 0 Å². The molecule has 0 atom stereocenters. The quantitative estimate of drug-likeness (QED) is 0.252. The topological polar surface area (TPSA) is 70.6 Å². The molecule has 6 heteroatoms. The minimum atomic E-state index is 0.255. The van der Waals surface area contributed by atoms with Crippen LogP contribution < -0.4 is 11.1 Å². The summed E-state index contributed by atoms with van der Waals surface area (Å²) in [6.45, 7) is 1.53. The molecule has 1 aromatic heterocycles. The highest BCUT2D eigenvalue weighted by molar-refractivity contribution is 9.11. The van der Waals surface area contributed by atoms with Crippen molar-refractivity contribution in [3.05, 3.63) is 20.8 Å². The Bertz CT molecular complexity index is 313. The molecule has 1 heterocycles. The van der Waals surface area contributed by atoms with Gasteiger partial charge in [-0.15, -0.1) is 11.3 Å². The SMILES string of the molecule is NC(CCNCc1ccc(Br)s1)=NO. The lowest BCUT2D eigenvalue weighted by Crippen LogP contribution is -2.21. The van der Waals surface area contributed by atoms with Crippen molar-refractivity contribution in [1.82, 2.24) is 5.32 Å². The first-order valence-electron chi connectivity index (χ1n) is 4.13. The van der Waals surface area contributed by atoms with Crippen LogP contribution in [0.3, 0.4) is 0 Å². The molecule has 0 amide bonds. The fraction of sp³-hybridized carbons (Fsp3) is 0.375. The third kappa shape index (κ3) is 4.08. The van der Waals surface area contributed by atoms with Crippen molar-refractivity contribution in [2.24, 2.45) is 10.9 Å². The van der Waals surface area contributed by atoms with E-state index in [2.05, 4.69) is 32.5 Å². The van der Waals surface area contributed by atoms with Crippen molar-refractivity contribution < 1.29 is 5.21 Å². The van der Waals surface area contributed by atoms with Gasteiger partial charge in [0, 0.05) is 24.4 Å². The number of hydrogen-bond donors (Lipinski definition) is 3. The molecule has 1 rings (SSSR count). The molecule has 0 radical (unpaired) electrons. The molecule has 1 aromatic rings. The average molecular weight is 278 g/mol. The monoisotopic (exact) mass is 277 g/mol. The molecule has 0 aliphatic heterocycles. The van der Waals surface area contributed by atoms with E-state index in [0.717, 1.165) is 10.3 Å². The minimum absolute atomic E-state index is 0.255. The van der Waals surface area contributed by atoms with Gasteiger partial charge in [0.05, 0.1) is 3.79 Å². The van der Waals surface area contributed by atoms with Gasteiger partial charge in [0.2, 0.25) is 0 Å². The highest BCUT2D eigenvalue weighted by Crippen LogP contribution is 2.21. The van der Waals surface area contributed by atoms with Gasteiger partial charge in [0.1, 0.15) is 5.84 Å². The Labute approximate surface area is 94.9 Å². The maximum Gasteiger partial charge on any atom is 0.140 e. The van der Waals surface area contributed by atoms with E-state index in [1.165, 1.54) is 4.88 Å². The van der Waals surface area contributed by atoms with Crippen molar-refractivity contribution in [3.8, 4) is 0 Å². The summed E-state index contributed by atoms with van der Waals surface area (Å²) in [6.07, 6.45) is 0.559. The fourth-order valence-corrected chi connectivity index (χ4v) is 2.38. The number of nitrogens with one attached hydrogen (secondary N) is 1. The predicted octanol–water partition coefficient (Wildman–Crippen LogP) is 1.74. The highest BCUT2D eigenvalue weighted by Gasteiger charge is 1.97. The second-order valence-electron chi connectivity index (χ2n) is 2.72. The maximum absolute atomic E-state index is 8.29. The third-order valence-corrected chi connectivity index (χ3v) is 3.24. The number of thiophene rings is 1. The molecule has 4 N–H and O–H groups in total. The van der Waals surface area contributed by atoms with Gasteiger partial charge in [0.25, 0.3) is 0 Å². The molecule has 0 saturated carbocycles. The van der Waals surface area contributed by atoms with Gasteiger partial charge < -0.3 is 16.3 Å². The van der Waals surface area contributed by atoms with Crippen LogP contribution in [0, 0.1) is 0 Å². The van der Waals surface area contributed by atoms with Crippen LogP contribution in [-0.2, 0) is 6.54 Å².